The van der Waals surface area contributed by atoms with Crippen LogP contribution in [0.4, 0.5) is 4.39 Å². The summed E-state index contributed by atoms with van der Waals surface area (Å²) in [4.78, 5) is 43.8. The van der Waals surface area contributed by atoms with Crippen molar-refractivity contribution < 1.29 is 18.8 Å². The molecule has 0 bridgehead atoms. The molecule has 2 unspecified atom stereocenters. The summed E-state index contributed by atoms with van der Waals surface area (Å²) in [5.74, 6) is -0.677. The summed E-state index contributed by atoms with van der Waals surface area (Å²) in [5, 5.41) is 4.92. The lowest BCUT2D eigenvalue weighted by Gasteiger charge is -2.44. The van der Waals surface area contributed by atoms with Gasteiger partial charge in [0.1, 0.15) is 17.9 Å². The van der Waals surface area contributed by atoms with Gasteiger partial charge in [-0.05, 0) is 52.8 Å². The highest BCUT2D eigenvalue weighted by Gasteiger charge is 2.44. The number of carbonyl (C=O) groups excluding carboxylic acids is 3. The van der Waals surface area contributed by atoms with Crippen molar-refractivity contribution in [3.8, 4) is 0 Å². The summed E-state index contributed by atoms with van der Waals surface area (Å²) in [7, 11) is 1.58. The topological polar surface area (TPSA) is 95.7 Å². The predicted molar refractivity (Wildman–Crippen MR) is 148 cm³/mol. The molecule has 39 heavy (non-hydrogen) atoms. The molecular weight excluding hydrogens is 495 g/mol. The van der Waals surface area contributed by atoms with E-state index in [2.05, 4.69) is 11.4 Å². The summed E-state index contributed by atoms with van der Waals surface area (Å²) >= 11 is 0. The second-order valence-electron chi connectivity index (χ2n) is 10.7. The average Bonchev–Trinajstić information content (AvgIpc) is 3.77. The van der Waals surface area contributed by atoms with Gasteiger partial charge in [0.25, 0.3) is 0 Å². The number of nitrogens with zero attached hydrogens (tertiary/aromatic N) is 2. The zero-order valence-corrected chi connectivity index (χ0v) is 22.2. The zero-order valence-electron chi connectivity index (χ0n) is 22.2. The fraction of sp³-hybridized carbons (Fsp3) is 0.387. The van der Waals surface area contributed by atoms with Crippen LogP contribution in [0.2, 0.25) is 0 Å². The van der Waals surface area contributed by atoms with Gasteiger partial charge in [-0.25, -0.2) is 4.39 Å². The van der Waals surface area contributed by atoms with E-state index in [0.29, 0.717) is 25.3 Å². The number of piperazine rings is 1. The van der Waals surface area contributed by atoms with Gasteiger partial charge in [0.05, 0.1) is 6.04 Å². The molecule has 3 N–H and O–H groups in total. The summed E-state index contributed by atoms with van der Waals surface area (Å²) < 4.78 is 13.3. The normalized spacial score (nSPS) is 19.2. The fourth-order valence-electron chi connectivity index (χ4n) is 5.55. The van der Waals surface area contributed by atoms with Gasteiger partial charge < -0.3 is 20.9 Å². The van der Waals surface area contributed by atoms with Gasteiger partial charge in [-0.2, -0.15) is 0 Å². The minimum absolute atomic E-state index is 0.204. The highest BCUT2D eigenvalue weighted by Crippen LogP contribution is 2.36. The molecule has 3 amide bonds. The second-order valence-corrected chi connectivity index (χ2v) is 10.7. The molecule has 3 aromatic rings. The number of hydrogen-bond donors (Lipinski definition) is 2. The Kier molecular flexibility index (Phi) is 7.93. The summed E-state index contributed by atoms with van der Waals surface area (Å²) in [5.41, 5.74) is 8.04. The van der Waals surface area contributed by atoms with Crippen LogP contribution in [0.25, 0.3) is 10.8 Å². The molecule has 1 saturated carbocycles. The number of benzene rings is 3. The predicted octanol–water partition coefficient (Wildman–Crippen LogP) is 3.05. The molecule has 8 heteroatoms. The van der Waals surface area contributed by atoms with Crippen molar-refractivity contribution in [2.75, 3.05) is 20.1 Å². The van der Waals surface area contributed by atoms with Crippen LogP contribution in [0.1, 0.15) is 30.4 Å². The Morgan fingerprint density at radius 3 is 2.36 bits per heavy atom. The lowest BCUT2D eigenvalue weighted by molar-refractivity contribution is -0.156. The van der Waals surface area contributed by atoms with Crippen LogP contribution in [0.5, 0.6) is 0 Å². The maximum absolute atomic E-state index is 14.0. The number of amides is 3. The van der Waals surface area contributed by atoms with Crippen LogP contribution in [-0.4, -0.2) is 65.8 Å². The summed E-state index contributed by atoms with van der Waals surface area (Å²) in [6.45, 7) is 0.560. The molecule has 3 aromatic carbocycles. The van der Waals surface area contributed by atoms with Crippen molar-refractivity contribution in [1.82, 2.24) is 15.1 Å². The first kappa shape index (κ1) is 26.8. The molecular formula is C31H35FN4O3. The number of rotatable bonds is 9. The monoisotopic (exact) mass is 530 g/mol. The number of carbonyl (C=O) groups is 3. The molecule has 0 radical (unpaired) electrons. The minimum atomic E-state index is -0.844. The Bertz CT molecular complexity index is 1360. The van der Waals surface area contributed by atoms with E-state index in [0.717, 1.165) is 34.7 Å². The molecule has 204 valence electrons. The van der Waals surface area contributed by atoms with Crippen molar-refractivity contribution in [3.05, 3.63) is 83.7 Å². The lowest BCUT2D eigenvalue weighted by atomic mass is 9.96. The fourth-order valence-corrected chi connectivity index (χ4v) is 5.55. The number of nitrogens with one attached hydrogen (secondary N) is 1. The van der Waals surface area contributed by atoms with E-state index < -0.39 is 18.1 Å². The molecule has 1 aliphatic heterocycles. The van der Waals surface area contributed by atoms with Crippen LogP contribution in [0.3, 0.4) is 0 Å². The molecule has 0 spiro atoms. The SMILES string of the molecule is CNC(=O)C(Cc1ccc2ccccc2c1)N1CCN(C(=O)C(N)Cc2ccc(F)cc2)[C@@H](CC2CC2)C1=O. The molecule has 2 aliphatic rings. The van der Waals surface area contributed by atoms with E-state index in [1.807, 2.05) is 36.4 Å². The summed E-state index contributed by atoms with van der Waals surface area (Å²) in [6.07, 6.45) is 3.27. The van der Waals surface area contributed by atoms with E-state index >= 15 is 0 Å². The van der Waals surface area contributed by atoms with Crippen molar-refractivity contribution in [3.63, 3.8) is 0 Å². The van der Waals surface area contributed by atoms with Gasteiger partial charge in [0.15, 0.2) is 0 Å². The molecule has 3 atom stereocenters. The van der Waals surface area contributed by atoms with Gasteiger partial charge in [-0.1, -0.05) is 67.4 Å². The third-order valence-corrected chi connectivity index (χ3v) is 7.92. The lowest BCUT2D eigenvalue weighted by Crippen LogP contribution is -2.65. The highest BCUT2D eigenvalue weighted by atomic mass is 19.1. The van der Waals surface area contributed by atoms with E-state index in [9.17, 15) is 18.8 Å². The van der Waals surface area contributed by atoms with E-state index in [-0.39, 0.29) is 36.5 Å². The van der Waals surface area contributed by atoms with Gasteiger partial charge in [-0.3, -0.25) is 14.4 Å². The Balaban J connectivity index is 1.35. The molecule has 1 heterocycles. The third-order valence-electron chi connectivity index (χ3n) is 7.92. The van der Waals surface area contributed by atoms with Crippen molar-refractivity contribution in [2.24, 2.45) is 11.7 Å². The average molecular weight is 531 g/mol. The van der Waals surface area contributed by atoms with Crippen LogP contribution < -0.4 is 11.1 Å². The number of halogens is 1. The van der Waals surface area contributed by atoms with Gasteiger partial charge >= 0.3 is 0 Å². The Morgan fingerprint density at radius 1 is 0.974 bits per heavy atom. The smallest absolute Gasteiger partial charge is 0.246 e. The van der Waals surface area contributed by atoms with Crippen LogP contribution in [0, 0.1) is 11.7 Å². The first-order valence-corrected chi connectivity index (χ1v) is 13.6. The van der Waals surface area contributed by atoms with Gasteiger partial charge in [-0.15, -0.1) is 0 Å². The Morgan fingerprint density at radius 2 is 1.67 bits per heavy atom. The molecule has 1 aliphatic carbocycles. The van der Waals surface area contributed by atoms with E-state index in [1.54, 1.807) is 29.0 Å². The number of likely N-dealkylation sites (N-methyl/N-ethyl adjacent to an activating group) is 1. The number of fused-ring (bicyclic) bond motifs is 1. The molecule has 7 nitrogen and oxygen atoms in total. The van der Waals surface area contributed by atoms with Crippen LogP contribution in [-0.2, 0) is 27.2 Å². The molecule has 2 fully saturated rings. The Labute approximate surface area is 228 Å². The minimum Gasteiger partial charge on any atom is -0.357 e. The first-order chi connectivity index (χ1) is 18.8. The maximum Gasteiger partial charge on any atom is 0.246 e. The van der Waals surface area contributed by atoms with Gasteiger partial charge in [0.2, 0.25) is 17.7 Å². The molecule has 0 aromatic heterocycles. The van der Waals surface area contributed by atoms with Crippen LogP contribution >= 0.6 is 0 Å². The largest absolute Gasteiger partial charge is 0.357 e. The quantitative estimate of drug-likeness (QED) is 0.445. The van der Waals surface area contributed by atoms with Crippen molar-refractivity contribution in [1.29, 1.82) is 0 Å². The Hall–Kier alpha value is -3.78. The molecule has 5 rings (SSSR count). The van der Waals surface area contributed by atoms with Crippen LogP contribution in [0.15, 0.2) is 66.7 Å². The van der Waals surface area contributed by atoms with Crippen molar-refractivity contribution in [2.45, 2.75) is 50.2 Å². The van der Waals surface area contributed by atoms with E-state index in [4.69, 9.17) is 5.73 Å². The van der Waals surface area contributed by atoms with E-state index in [1.165, 1.54) is 12.1 Å². The second kappa shape index (κ2) is 11.5. The highest BCUT2D eigenvalue weighted by molar-refractivity contribution is 5.94. The number of hydrogen-bond acceptors (Lipinski definition) is 4. The summed E-state index contributed by atoms with van der Waals surface area (Å²) in [6, 6.07) is 17.9. The van der Waals surface area contributed by atoms with Crippen molar-refractivity contribution >= 4 is 28.5 Å². The maximum atomic E-state index is 14.0. The van der Waals surface area contributed by atoms with Gasteiger partial charge in [0, 0.05) is 26.6 Å². The third kappa shape index (κ3) is 6.11. The molecule has 1 saturated heterocycles. The zero-order chi connectivity index (χ0) is 27.5. The standard InChI is InChI=1S/C31H35FN4O3/c1-34-29(37)27(19-22-8-11-23-4-2-3-5-24(23)16-22)35-14-15-36(28(31(35)39)18-21-6-7-21)30(38)26(33)17-20-9-12-25(32)13-10-20/h2-5,8-13,16,21,26-28H,6-7,14-15,17-19,33H2,1H3,(H,34,37)/t26?,27?,28-/m0/s1. The first-order valence-electron chi connectivity index (χ1n) is 13.6. The number of nitrogens with two attached hydrogens (primary N) is 1.